The maximum absolute atomic E-state index is 12.3. The number of rotatable bonds is 7. The third kappa shape index (κ3) is 4.35. The Hall–Kier alpha value is -1.35. The summed E-state index contributed by atoms with van der Waals surface area (Å²) in [5, 5.41) is 3.51. The molecule has 19 heavy (non-hydrogen) atoms. The van der Waals surface area contributed by atoms with E-state index in [0.717, 1.165) is 31.0 Å². The maximum atomic E-state index is 12.3. The molecule has 104 valence electrons. The number of nitrogens with one attached hydrogen (secondary N) is 1. The molecule has 0 radical (unpaired) electrons. The lowest BCUT2D eigenvalue weighted by Crippen LogP contribution is -2.29. The molecular weight excluding hydrogens is 236 g/mol. The minimum absolute atomic E-state index is 0.00259. The number of amides is 1. The van der Waals surface area contributed by atoms with Crippen molar-refractivity contribution < 1.29 is 4.79 Å². The van der Waals surface area contributed by atoms with Gasteiger partial charge in [-0.1, -0.05) is 30.3 Å². The Kier molecular flexibility index (Phi) is 4.97. The Bertz CT molecular complexity index is 398. The van der Waals surface area contributed by atoms with Gasteiger partial charge in [0.1, 0.15) is 0 Å². The normalized spacial score (nSPS) is 16.1. The van der Waals surface area contributed by atoms with Crippen LogP contribution >= 0.6 is 0 Å². The SMILES string of the molecule is CN(C)C(=O)C(CCCNC1CC1)c1ccccc1. The molecule has 1 aromatic carbocycles. The molecule has 0 heterocycles. The van der Waals surface area contributed by atoms with Crippen LogP contribution in [-0.2, 0) is 4.79 Å². The van der Waals surface area contributed by atoms with Gasteiger partial charge < -0.3 is 10.2 Å². The minimum Gasteiger partial charge on any atom is -0.348 e. The molecule has 1 aromatic rings. The quantitative estimate of drug-likeness (QED) is 0.763. The monoisotopic (exact) mass is 260 g/mol. The van der Waals surface area contributed by atoms with E-state index in [9.17, 15) is 4.79 Å². The molecule has 0 bridgehead atoms. The summed E-state index contributed by atoms with van der Waals surface area (Å²) in [6.07, 6.45) is 4.61. The highest BCUT2D eigenvalue weighted by molar-refractivity contribution is 5.83. The molecule has 1 N–H and O–H groups in total. The summed E-state index contributed by atoms with van der Waals surface area (Å²) in [6, 6.07) is 10.9. The van der Waals surface area contributed by atoms with Gasteiger partial charge in [0.15, 0.2) is 0 Å². The molecule has 1 saturated carbocycles. The molecule has 1 amide bonds. The molecule has 1 fully saturated rings. The average molecular weight is 260 g/mol. The number of benzene rings is 1. The highest BCUT2D eigenvalue weighted by Gasteiger charge is 2.23. The van der Waals surface area contributed by atoms with E-state index in [4.69, 9.17) is 0 Å². The minimum atomic E-state index is -0.00259. The van der Waals surface area contributed by atoms with Crippen LogP contribution in [-0.4, -0.2) is 37.5 Å². The molecule has 1 aliphatic carbocycles. The zero-order valence-electron chi connectivity index (χ0n) is 11.9. The van der Waals surface area contributed by atoms with Crippen LogP contribution in [0.2, 0.25) is 0 Å². The molecule has 2 rings (SSSR count). The first kappa shape index (κ1) is 14.1. The molecule has 1 aliphatic rings. The highest BCUT2D eigenvalue weighted by atomic mass is 16.2. The van der Waals surface area contributed by atoms with Gasteiger partial charge >= 0.3 is 0 Å². The Morgan fingerprint density at radius 3 is 2.58 bits per heavy atom. The van der Waals surface area contributed by atoms with E-state index >= 15 is 0 Å². The first-order valence-electron chi connectivity index (χ1n) is 7.18. The summed E-state index contributed by atoms with van der Waals surface area (Å²) in [5.74, 6) is 0.204. The number of likely N-dealkylation sites (N-methyl/N-ethyl adjacent to an activating group) is 1. The summed E-state index contributed by atoms with van der Waals surface area (Å²) in [6.45, 7) is 1.02. The van der Waals surface area contributed by atoms with Gasteiger partial charge in [0, 0.05) is 20.1 Å². The van der Waals surface area contributed by atoms with E-state index in [2.05, 4.69) is 17.4 Å². The summed E-state index contributed by atoms with van der Waals surface area (Å²) in [7, 11) is 3.67. The predicted octanol–water partition coefficient (Wildman–Crippen LogP) is 2.39. The van der Waals surface area contributed by atoms with Crippen molar-refractivity contribution in [1.29, 1.82) is 0 Å². The Labute approximate surface area is 116 Å². The molecule has 3 nitrogen and oxygen atoms in total. The molecule has 0 spiro atoms. The van der Waals surface area contributed by atoms with Crippen molar-refractivity contribution in [2.75, 3.05) is 20.6 Å². The largest absolute Gasteiger partial charge is 0.348 e. The fraction of sp³-hybridized carbons (Fsp3) is 0.562. The second kappa shape index (κ2) is 6.71. The number of carbonyl (C=O) groups excluding carboxylic acids is 1. The van der Waals surface area contributed by atoms with Gasteiger partial charge in [-0.15, -0.1) is 0 Å². The lowest BCUT2D eigenvalue weighted by molar-refractivity contribution is -0.130. The van der Waals surface area contributed by atoms with Gasteiger partial charge in [0.25, 0.3) is 0 Å². The third-order valence-corrected chi connectivity index (χ3v) is 3.62. The first-order chi connectivity index (χ1) is 9.18. The average Bonchev–Trinajstić information content (AvgIpc) is 3.23. The summed E-state index contributed by atoms with van der Waals surface area (Å²) in [5.41, 5.74) is 1.13. The van der Waals surface area contributed by atoms with Gasteiger partial charge in [-0.05, 0) is 37.8 Å². The topological polar surface area (TPSA) is 32.3 Å². The van der Waals surface area contributed by atoms with E-state index in [1.54, 1.807) is 4.90 Å². The lowest BCUT2D eigenvalue weighted by Gasteiger charge is -2.21. The zero-order chi connectivity index (χ0) is 13.7. The van der Waals surface area contributed by atoms with Crippen molar-refractivity contribution in [2.24, 2.45) is 0 Å². The highest BCUT2D eigenvalue weighted by Crippen LogP contribution is 2.23. The van der Waals surface area contributed by atoms with Crippen molar-refractivity contribution in [1.82, 2.24) is 10.2 Å². The fourth-order valence-corrected chi connectivity index (χ4v) is 2.33. The van der Waals surface area contributed by atoms with Gasteiger partial charge in [0.2, 0.25) is 5.91 Å². The molecular formula is C16H24N2O. The van der Waals surface area contributed by atoms with Gasteiger partial charge in [-0.25, -0.2) is 0 Å². The van der Waals surface area contributed by atoms with Crippen LogP contribution in [0.25, 0.3) is 0 Å². The number of nitrogens with zero attached hydrogens (tertiary/aromatic N) is 1. The van der Waals surface area contributed by atoms with Crippen molar-refractivity contribution in [3.63, 3.8) is 0 Å². The summed E-state index contributed by atoms with van der Waals surface area (Å²) in [4.78, 5) is 14.0. The van der Waals surface area contributed by atoms with E-state index < -0.39 is 0 Å². The van der Waals surface area contributed by atoms with Crippen LogP contribution in [0.5, 0.6) is 0 Å². The molecule has 0 aliphatic heterocycles. The smallest absolute Gasteiger partial charge is 0.229 e. The van der Waals surface area contributed by atoms with Gasteiger partial charge in [-0.2, -0.15) is 0 Å². The second-order valence-electron chi connectivity index (χ2n) is 5.57. The number of hydrogen-bond donors (Lipinski definition) is 1. The van der Waals surface area contributed by atoms with Gasteiger partial charge in [-0.3, -0.25) is 4.79 Å². The summed E-state index contributed by atoms with van der Waals surface area (Å²) >= 11 is 0. The number of hydrogen-bond acceptors (Lipinski definition) is 2. The van der Waals surface area contributed by atoms with E-state index in [0.29, 0.717) is 0 Å². The first-order valence-corrected chi connectivity index (χ1v) is 7.18. The number of carbonyl (C=O) groups is 1. The van der Waals surface area contributed by atoms with E-state index in [1.807, 2.05) is 32.3 Å². The van der Waals surface area contributed by atoms with E-state index in [1.165, 1.54) is 12.8 Å². The molecule has 3 heteroatoms. The standard InChI is InChI=1S/C16H24N2O/c1-18(2)16(19)15(13-7-4-3-5-8-13)9-6-12-17-14-10-11-14/h3-5,7-8,14-15,17H,6,9-12H2,1-2H3. The molecule has 1 unspecified atom stereocenters. The Morgan fingerprint density at radius 1 is 1.32 bits per heavy atom. The van der Waals surface area contributed by atoms with Crippen LogP contribution in [0.3, 0.4) is 0 Å². The molecule has 0 saturated heterocycles. The van der Waals surface area contributed by atoms with Gasteiger partial charge in [0.05, 0.1) is 5.92 Å². The lowest BCUT2D eigenvalue weighted by atomic mass is 9.93. The van der Waals surface area contributed by atoms with Crippen LogP contribution in [0, 0.1) is 0 Å². The molecule has 1 atom stereocenters. The van der Waals surface area contributed by atoms with Crippen LogP contribution in [0.4, 0.5) is 0 Å². The second-order valence-corrected chi connectivity index (χ2v) is 5.57. The molecule has 0 aromatic heterocycles. The Balaban J connectivity index is 1.91. The van der Waals surface area contributed by atoms with Crippen LogP contribution in [0.15, 0.2) is 30.3 Å². The Morgan fingerprint density at radius 2 is 2.00 bits per heavy atom. The summed E-state index contributed by atoms with van der Waals surface area (Å²) < 4.78 is 0. The van der Waals surface area contributed by atoms with Crippen molar-refractivity contribution in [3.8, 4) is 0 Å². The van der Waals surface area contributed by atoms with E-state index in [-0.39, 0.29) is 11.8 Å². The van der Waals surface area contributed by atoms with Crippen LogP contribution < -0.4 is 5.32 Å². The fourth-order valence-electron chi connectivity index (χ4n) is 2.33. The van der Waals surface area contributed by atoms with Crippen molar-refractivity contribution >= 4 is 5.91 Å². The maximum Gasteiger partial charge on any atom is 0.229 e. The van der Waals surface area contributed by atoms with Crippen LogP contribution in [0.1, 0.15) is 37.2 Å². The van der Waals surface area contributed by atoms with Crippen molar-refractivity contribution in [3.05, 3.63) is 35.9 Å². The van der Waals surface area contributed by atoms with Crippen molar-refractivity contribution in [2.45, 2.75) is 37.6 Å². The third-order valence-electron chi connectivity index (χ3n) is 3.62. The predicted molar refractivity (Wildman–Crippen MR) is 78.1 cm³/mol. The zero-order valence-corrected chi connectivity index (χ0v) is 11.9.